The molecule has 4 nitrogen and oxygen atoms in total. The summed E-state index contributed by atoms with van der Waals surface area (Å²) in [6.45, 7) is 2.71. The fourth-order valence-corrected chi connectivity index (χ4v) is 2.23. The highest BCUT2D eigenvalue weighted by atomic mass is 79.9. The molecule has 21 heavy (non-hydrogen) atoms. The van der Waals surface area contributed by atoms with Crippen LogP contribution in [0.5, 0.6) is 5.75 Å². The van der Waals surface area contributed by atoms with Gasteiger partial charge >= 0.3 is 0 Å². The van der Waals surface area contributed by atoms with Crippen LogP contribution < -0.4 is 15.4 Å². The van der Waals surface area contributed by atoms with Crippen molar-refractivity contribution in [1.82, 2.24) is 10.6 Å². The summed E-state index contributed by atoms with van der Waals surface area (Å²) in [7, 11) is 0. The molecule has 0 heterocycles. The molecule has 0 aromatic heterocycles. The van der Waals surface area contributed by atoms with Crippen LogP contribution in [0.4, 0.5) is 0 Å². The van der Waals surface area contributed by atoms with E-state index in [2.05, 4.69) is 32.5 Å². The standard InChI is InChI=1S/C16H19BrN2O2/c1-3-8-18-16(20)11(2)21-14-6-7-15(17)12(9-14)10-19-13-4-5-13/h1,6-7,9,11,13,19H,4-5,8,10H2,2H3,(H,18,20). The molecule has 0 saturated heterocycles. The van der Waals surface area contributed by atoms with Crippen molar-refractivity contribution in [2.24, 2.45) is 0 Å². The molecule has 1 saturated carbocycles. The number of carbonyl (C=O) groups excluding carboxylic acids is 1. The summed E-state index contributed by atoms with van der Waals surface area (Å²) in [4.78, 5) is 11.7. The molecular weight excluding hydrogens is 332 g/mol. The molecule has 1 aromatic rings. The van der Waals surface area contributed by atoms with Crippen LogP contribution in [-0.4, -0.2) is 24.6 Å². The quantitative estimate of drug-likeness (QED) is 0.741. The van der Waals surface area contributed by atoms with Crippen LogP contribution in [0.2, 0.25) is 0 Å². The van der Waals surface area contributed by atoms with Crippen molar-refractivity contribution < 1.29 is 9.53 Å². The van der Waals surface area contributed by atoms with E-state index in [1.54, 1.807) is 6.92 Å². The van der Waals surface area contributed by atoms with Gasteiger partial charge in [-0.3, -0.25) is 4.79 Å². The van der Waals surface area contributed by atoms with Crippen molar-refractivity contribution >= 4 is 21.8 Å². The Labute approximate surface area is 133 Å². The molecule has 1 aliphatic carbocycles. The van der Waals surface area contributed by atoms with E-state index in [9.17, 15) is 4.79 Å². The van der Waals surface area contributed by atoms with Crippen LogP contribution in [0.3, 0.4) is 0 Å². The average Bonchev–Trinajstić information content (AvgIpc) is 3.29. The van der Waals surface area contributed by atoms with Gasteiger partial charge in [-0.1, -0.05) is 21.9 Å². The molecule has 1 aliphatic rings. The van der Waals surface area contributed by atoms with Crippen LogP contribution in [-0.2, 0) is 11.3 Å². The lowest BCUT2D eigenvalue weighted by atomic mass is 10.2. The minimum absolute atomic E-state index is 0.212. The van der Waals surface area contributed by atoms with Gasteiger partial charge in [0.05, 0.1) is 6.54 Å². The third-order valence-corrected chi connectivity index (χ3v) is 4.00. The van der Waals surface area contributed by atoms with Crippen molar-refractivity contribution in [2.45, 2.75) is 38.5 Å². The van der Waals surface area contributed by atoms with E-state index in [1.165, 1.54) is 12.8 Å². The van der Waals surface area contributed by atoms with Crippen molar-refractivity contribution in [3.05, 3.63) is 28.2 Å². The maximum atomic E-state index is 11.7. The van der Waals surface area contributed by atoms with Crippen LogP contribution in [0.15, 0.2) is 22.7 Å². The number of benzene rings is 1. The van der Waals surface area contributed by atoms with Gasteiger partial charge in [0.1, 0.15) is 5.75 Å². The molecule has 0 aliphatic heterocycles. The van der Waals surface area contributed by atoms with Crippen LogP contribution in [0.25, 0.3) is 0 Å². The van der Waals surface area contributed by atoms with E-state index in [0.717, 1.165) is 16.6 Å². The van der Waals surface area contributed by atoms with E-state index >= 15 is 0 Å². The first-order valence-electron chi connectivity index (χ1n) is 7.00. The first-order valence-corrected chi connectivity index (χ1v) is 7.79. The molecule has 2 N–H and O–H groups in total. The number of ether oxygens (including phenoxy) is 1. The Bertz CT molecular complexity index is 550. The van der Waals surface area contributed by atoms with Crippen molar-refractivity contribution in [3.8, 4) is 18.1 Å². The van der Waals surface area contributed by atoms with Gasteiger partial charge in [-0.15, -0.1) is 6.42 Å². The summed E-state index contributed by atoms with van der Waals surface area (Å²) in [6.07, 6.45) is 7.03. The van der Waals surface area contributed by atoms with Crippen molar-refractivity contribution in [2.75, 3.05) is 6.54 Å². The number of amides is 1. The Kier molecular flexibility index (Phi) is 5.66. The average molecular weight is 351 g/mol. The molecular formula is C16H19BrN2O2. The zero-order valence-electron chi connectivity index (χ0n) is 12.0. The lowest BCUT2D eigenvalue weighted by Crippen LogP contribution is -2.36. The number of nitrogens with one attached hydrogen (secondary N) is 2. The summed E-state index contributed by atoms with van der Waals surface area (Å²) in [5.74, 6) is 2.83. The maximum Gasteiger partial charge on any atom is 0.261 e. The lowest BCUT2D eigenvalue weighted by Gasteiger charge is -2.15. The first kappa shape index (κ1) is 15.9. The number of carbonyl (C=O) groups is 1. The predicted octanol–water partition coefficient (Wildman–Crippen LogP) is 2.22. The van der Waals surface area contributed by atoms with Gasteiger partial charge in [-0.25, -0.2) is 0 Å². The second-order valence-corrected chi connectivity index (χ2v) is 5.94. The second kappa shape index (κ2) is 7.48. The number of hydrogen-bond acceptors (Lipinski definition) is 3. The fraction of sp³-hybridized carbons (Fsp3) is 0.438. The molecule has 1 aromatic carbocycles. The van der Waals surface area contributed by atoms with Gasteiger partial charge in [0.2, 0.25) is 0 Å². The number of rotatable bonds is 7. The highest BCUT2D eigenvalue weighted by Crippen LogP contribution is 2.25. The van der Waals surface area contributed by atoms with E-state index < -0.39 is 6.10 Å². The van der Waals surface area contributed by atoms with Crippen LogP contribution in [0.1, 0.15) is 25.3 Å². The maximum absolute atomic E-state index is 11.7. The normalized spacial score (nSPS) is 15.1. The van der Waals surface area contributed by atoms with Gasteiger partial charge in [-0.2, -0.15) is 0 Å². The minimum Gasteiger partial charge on any atom is -0.481 e. The predicted molar refractivity (Wildman–Crippen MR) is 85.9 cm³/mol. The Hall–Kier alpha value is -1.51. The van der Waals surface area contributed by atoms with Gasteiger partial charge in [0, 0.05) is 17.1 Å². The third-order valence-electron chi connectivity index (χ3n) is 3.22. The summed E-state index contributed by atoms with van der Waals surface area (Å²) in [5.41, 5.74) is 1.12. The molecule has 112 valence electrons. The highest BCUT2D eigenvalue weighted by Gasteiger charge is 2.20. The van der Waals surface area contributed by atoms with Crippen molar-refractivity contribution in [3.63, 3.8) is 0 Å². The molecule has 0 radical (unpaired) electrons. The van der Waals surface area contributed by atoms with Crippen LogP contribution >= 0.6 is 15.9 Å². The van der Waals surface area contributed by atoms with E-state index in [-0.39, 0.29) is 12.5 Å². The molecule has 1 unspecified atom stereocenters. The lowest BCUT2D eigenvalue weighted by molar-refractivity contribution is -0.126. The number of hydrogen-bond donors (Lipinski definition) is 2. The van der Waals surface area contributed by atoms with Gasteiger partial charge in [-0.05, 0) is 43.5 Å². The third kappa shape index (κ3) is 5.07. The first-order chi connectivity index (χ1) is 10.1. The Morgan fingerprint density at radius 2 is 2.33 bits per heavy atom. The number of terminal acetylenes is 1. The zero-order valence-corrected chi connectivity index (χ0v) is 13.6. The van der Waals surface area contributed by atoms with Gasteiger partial charge in [0.25, 0.3) is 5.91 Å². The summed E-state index contributed by atoms with van der Waals surface area (Å²) in [6, 6.07) is 6.38. The van der Waals surface area contributed by atoms with Crippen LogP contribution in [0, 0.1) is 12.3 Å². The smallest absolute Gasteiger partial charge is 0.261 e. The highest BCUT2D eigenvalue weighted by molar-refractivity contribution is 9.10. The van der Waals surface area contributed by atoms with Crippen molar-refractivity contribution in [1.29, 1.82) is 0 Å². The van der Waals surface area contributed by atoms with E-state index in [1.807, 2.05) is 18.2 Å². The largest absolute Gasteiger partial charge is 0.481 e. The van der Waals surface area contributed by atoms with Gasteiger partial charge in [0.15, 0.2) is 6.10 Å². The molecule has 5 heteroatoms. The van der Waals surface area contributed by atoms with E-state index in [0.29, 0.717) is 11.8 Å². The molecule has 1 fully saturated rings. The molecule has 2 rings (SSSR count). The summed E-state index contributed by atoms with van der Waals surface area (Å²) in [5, 5.41) is 6.06. The fourth-order valence-electron chi connectivity index (χ4n) is 1.84. The molecule has 0 spiro atoms. The Morgan fingerprint density at radius 1 is 1.57 bits per heavy atom. The molecule has 1 atom stereocenters. The minimum atomic E-state index is -0.580. The monoisotopic (exact) mass is 350 g/mol. The summed E-state index contributed by atoms with van der Waals surface area (Å²) >= 11 is 3.53. The Balaban J connectivity index is 1.94. The van der Waals surface area contributed by atoms with E-state index in [4.69, 9.17) is 11.2 Å². The SMILES string of the molecule is C#CCNC(=O)C(C)Oc1ccc(Br)c(CNC2CC2)c1. The van der Waals surface area contributed by atoms with Gasteiger partial charge < -0.3 is 15.4 Å². The topological polar surface area (TPSA) is 50.4 Å². The molecule has 1 amide bonds. The Morgan fingerprint density at radius 3 is 3.00 bits per heavy atom. The summed E-state index contributed by atoms with van der Waals surface area (Å²) < 4.78 is 6.70. The second-order valence-electron chi connectivity index (χ2n) is 5.09. The zero-order chi connectivity index (χ0) is 15.2. The molecule has 0 bridgehead atoms. The number of halogens is 1.